The fourth-order valence-corrected chi connectivity index (χ4v) is 4.38. The summed E-state index contributed by atoms with van der Waals surface area (Å²) in [6, 6.07) is 4.04. The molecule has 1 aromatic rings. The van der Waals surface area contributed by atoms with Crippen molar-refractivity contribution in [2.75, 3.05) is 26.2 Å². The monoisotopic (exact) mass is 371 g/mol. The number of hydrogen-bond donors (Lipinski definition) is 1. The molecule has 2 fully saturated rings. The number of aryl methyl sites for hydroxylation is 1. The van der Waals surface area contributed by atoms with Crippen molar-refractivity contribution in [3.63, 3.8) is 0 Å². The van der Waals surface area contributed by atoms with E-state index in [1.165, 1.54) is 11.3 Å². The first kappa shape index (κ1) is 19.2. The van der Waals surface area contributed by atoms with Crippen LogP contribution < -0.4 is 5.73 Å². The van der Waals surface area contributed by atoms with Crippen LogP contribution in [0.25, 0.3) is 0 Å². The van der Waals surface area contributed by atoms with Gasteiger partial charge in [-0.05, 0) is 38.3 Å². The van der Waals surface area contributed by atoms with E-state index in [2.05, 4.69) is 0 Å². The topological polar surface area (TPSA) is 66.6 Å². The lowest BCUT2D eigenvalue weighted by atomic mass is 9.85. The minimum Gasteiger partial charge on any atom is -0.339 e. The van der Waals surface area contributed by atoms with E-state index in [1.54, 1.807) is 0 Å². The first-order valence-electron chi connectivity index (χ1n) is 8.44. The number of nitrogens with zero attached hydrogens (tertiary/aromatic N) is 2. The summed E-state index contributed by atoms with van der Waals surface area (Å²) in [4.78, 5) is 30.8. The lowest BCUT2D eigenvalue weighted by molar-refractivity contribution is -0.138. The molecular weight excluding hydrogens is 346 g/mol. The number of nitrogens with two attached hydrogens (primary N) is 1. The molecule has 2 heterocycles. The highest BCUT2D eigenvalue weighted by Gasteiger charge is 2.31. The Labute approximate surface area is 153 Å². The number of halogens is 1. The molecule has 134 valence electrons. The molecule has 1 aliphatic heterocycles. The second-order valence-electron chi connectivity index (χ2n) is 6.65. The van der Waals surface area contributed by atoms with E-state index >= 15 is 0 Å². The van der Waals surface area contributed by atoms with Crippen molar-refractivity contribution in [2.24, 2.45) is 11.7 Å². The molecule has 7 heteroatoms. The second kappa shape index (κ2) is 8.32. The molecule has 2 unspecified atom stereocenters. The molecule has 2 atom stereocenters. The zero-order valence-corrected chi connectivity index (χ0v) is 15.7. The molecule has 1 aromatic heterocycles. The normalized spacial score (nSPS) is 24.4. The van der Waals surface area contributed by atoms with E-state index in [4.69, 9.17) is 5.73 Å². The molecule has 1 saturated carbocycles. The summed E-state index contributed by atoms with van der Waals surface area (Å²) >= 11 is 1.53. The molecule has 3 rings (SSSR count). The van der Waals surface area contributed by atoms with Gasteiger partial charge in [-0.15, -0.1) is 23.7 Å². The van der Waals surface area contributed by atoms with E-state index in [0.717, 1.165) is 35.4 Å². The van der Waals surface area contributed by atoms with Gasteiger partial charge in [0, 0.05) is 43.0 Å². The van der Waals surface area contributed by atoms with Gasteiger partial charge in [-0.25, -0.2) is 0 Å². The SMILES string of the molecule is Cc1ccc(C(=O)N2CCN(C(=O)C3CCCC(N)C3)CC2)s1.Cl. The lowest BCUT2D eigenvalue weighted by Gasteiger charge is -2.37. The Kier molecular flexibility index (Phi) is 6.66. The highest BCUT2D eigenvalue weighted by atomic mass is 35.5. The summed E-state index contributed by atoms with van der Waals surface area (Å²) in [5, 5.41) is 0. The number of carbonyl (C=O) groups excluding carboxylic acids is 2. The van der Waals surface area contributed by atoms with E-state index in [1.807, 2.05) is 28.9 Å². The van der Waals surface area contributed by atoms with Gasteiger partial charge >= 0.3 is 0 Å². The van der Waals surface area contributed by atoms with Crippen LogP contribution in [0.2, 0.25) is 0 Å². The predicted molar refractivity (Wildman–Crippen MR) is 98.7 cm³/mol. The standard InChI is InChI=1S/C17H25N3O2S.ClH/c1-12-5-6-15(23-12)17(22)20-9-7-19(8-10-20)16(21)13-3-2-4-14(18)11-13;/h5-6,13-14H,2-4,7-11,18H2,1H3;1H. The van der Waals surface area contributed by atoms with Gasteiger partial charge in [-0.2, -0.15) is 0 Å². The Bertz CT molecular complexity index is 584. The molecule has 5 nitrogen and oxygen atoms in total. The van der Waals surface area contributed by atoms with Crippen LogP contribution in [0.15, 0.2) is 12.1 Å². The lowest BCUT2D eigenvalue weighted by Crippen LogP contribution is -2.52. The van der Waals surface area contributed by atoms with Crippen molar-refractivity contribution in [1.82, 2.24) is 9.80 Å². The molecular formula is C17H26ClN3O2S. The van der Waals surface area contributed by atoms with Gasteiger partial charge in [0.1, 0.15) is 0 Å². The maximum absolute atomic E-state index is 12.6. The van der Waals surface area contributed by atoms with Gasteiger partial charge in [0.05, 0.1) is 4.88 Å². The molecule has 1 saturated heterocycles. The highest BCUT2D eigenvalue weighted by molar-refractivity contribution is 7.13. The van der Waals surface area contributed by atoms with Crippen LogP contribution in [-0.2, 0) is 4.79 Å². The number of thiophene rings is 1. The van der Waals surface area contributed by atoms with Crippen LogP contribution in [0.1, 0.15) is 40.2 Å². The van der Waals surface area contributed by atoms with E-state index in [9.17, 15) is 9.59 Å². The fraction of sp³-hybridized carbons (Fsp3) is 0.647. The van der Waals surface area contributed by atoms with Crippen LogP contribution in [0, 0.1) is 12.8 Å². The Hall–Kier alpha value is -1.11. The number of rotatable bonds is 2. The summed E-state index contributed by atoms with van der Waals surface area (Å²) in [6.07, 6.45) is 3.85. The third-order valence-corrected chi connectivity index (χ3v) is 5.88. The van der Waals surface area contributed by atoms with Crippen molar-refractivity contribution in [3.8, 4) is 0 Å². The summed E-state index contributed by atoms with van der Waals surface area (Å²) < 4.78 is 0. The van der Waals surface area contributed by atoms with Crippen LogP contribution in [0.5, 0.6) is 0 Å². The molecule has 0 radical (unpaired) electrons. The van der Waals surface area contributed by atoms with Crippen LogP contribution in [-0.4, -0.2) is 53.8 Å². The fourth-order valence-electron chi connectivity index (χ4n) is 3.55. The quantitative estimate of drug-likeness (QED) is 0.867. The van der Waals surface area contributed by atoms with Crippen LogP contribution in [0.3, 0.4) is 0 Å². The van der Waals surface area contributed by atoms with E-state index in [-0.39, 0.29) is 36.2 Å². The number of carbonyl (C=O) groups is 2. The van der Waals surface area contributed by atoms with Crippen LogP contribution in [0.4, 0.5) is 0 Å². The van der Waals surface area contributed by atoms with Crippen LogP contribution >= 0.6 is 23.7 Å². The molecule has 24 heavy (non-hydrogen) atoms. The molecule has 0 spiro atoms. The summed E-state index contributed by atoms with van der Waals surface area (Å²) in [7, 11) is 0. The molecule has 0 aromatic carbocycles. The average Bonchev–Trinajstić information content (AvgIpc) is 3.00. The summed E-state index contributed by atoms with van der Waals surface area (Å²) in [6.45, 7) is 4.54. The van der Waals surface area contributed by atoms with Gasteiger partial charge < -0.3 is 15.5 Å². The smallest absolute Gasteiger partial charge is 0.264 e. The third kappa shape index (κ3) is 4.29. The minimum absolute atomic E-state index is 0. The molecule has 0 bridgehead atoms. The van der Waals surface area contributed by atoms with Crippen molar-refractivity contribution < 1.29 is 9.59 Å². The second-order valence-corrected chi connectivity index (χ2v) is 7.94. The number of amides is 2. The van der Waals surface area contributed by atoms with Crippen molar-refractivity contribution in [3.05, 3.63) is 21.9 Å². The Morgan fingerprint density at radius 1 is 1.12 bits per heavy atom. The molecule has 2 amide bonds. The zero-order chi connectivity index (χ0) is 16.4. The molecule has 2 aliphatic rings. The maximum Gasteiger partial charge on any atom is 0.264 e. The van der Waals surface area contributed by atoms with E-state index < -0.39 is 0 Å². The first-order chi connectivity index (χ1) is 11.0. The Morgan fingerprint density at radius 3 is 2.38 bits per heavy atom. The van der Waals surface area contributed by atoms with Gasteiger partial charge in [0.2, 0.25) is 5.91 Å². The van der Waals surface area contributed by atoms with Crippen molar-refractivity contribution in [2.45, 2.75) is 38.6 Å². The van der Waals surface area contributed by atoms with Crippen molar-refractivity contribution >= 4 is 35.6 Å². The molecule has 1 aliphatic carbocycles. The van der Waals surface area contributed by atoms with Crippen molar-refractivity contribution in [1.29, 1.82) is 0 Å². The third-order valence-electron chi connectivity index (χ3n) is 4.89. The van der Waals surface area contributed by atoms with Gasteiger partial charge in [-0.1, -0.05) is 6.42 Å². The molecule has 2 N–H and O–H groups in total. The zero-order valence-electron chi connectivity index (χ0n) is 14.1. The van der Waals surface area contributed by atoms with E-state index in [0.29, 0.717) is 26.2 Å². The number of piperazine rings is 1. The summed E-state index contributed by atoms with van der Waals surface area (Å²) in [5.74, 6) is 0.412. The highest BCUT2D eigenvalue weighted by Crippen LogP contribution is 2.26. The largest absolute Gasteiger partial charge is 0.339 e. The number of hydrogen-bond acceptors (Lipinski definition) is 4. The Morgan fingerprint density at radius 2 is 1.79 bits per heavy atom. The Balaban J connectivity index is 0.00000208. The van der Waals surface area contributed by atoms with Gasteiger partial charge in [0.15, 0.2) is 0 Å². The minimum atomic E-state index is 0. The maximum atomic E-state index is 12.6. The summed E-state index contributed by atoms with van der Waals surface area (Å²) in [5.41, 5.74) is 6.00. The average molecular weight is 372 g/mol. The first-order valence-corrected chi connectivity index (χ1v) is 9.26. The van der Waals surface area contributed by atoms with Gasteiger partial charge in [-0.3, -0.25) is 9.59 Å². The van der Waals surface area contributed by atoms with Gasteiger partial charge in [0.25, 0.3) is 5.91 Å². The predicted octanol–water partition coefficient (Wildman–Crippen LogP) is 2.28.